The second-order valence-corrected chi connectivity index (χ2v) is 5.05. The lowest BCUT2D eigenvalue weighted by Crippen LogP contribution is -2.40. The Morgan fingerprint density at radius 1 is 1.28 bits per heavy atom. The average Bonchev–Trinajstić information content (AvgIpc) is 2.91. The molecule has 1 fully saturated rings. The molecule has 0 amide bonds. The molecule has 1 aliphatic carbocycles. The summed E-state index contributed by atoms with van der Waals surface area (Å²) in [6.07, 6.45) is 2.48. The van der Waals surface area contributed by atoms with Gasteiger partial charge in [-0.1, -0.05) is 25.8 Å². The molecule has 4 nitrogen and oxygen atoms in total. The maximum absolute atomic E-state index is 10.9. The largest absolute Gasteiger partial charge is 0.361 e. The summed E-state index contributed by atoms with van der Waals surface area (Å²) in [5.74, 6) is -0.331. The summed E-state index contributed by atoms with van der Waals surface area (Å²) in [6, 6.07) is 0. The van der Waals surface area contributed by atoms with Crippen LogP contribution in [0.5, 0.6) is 0 Å². The molecule has 0 aromatic heterocycles. The molecule has 0 saturated heterocycles. The van der Waals surface area contributed by atoms with Crippen molar-refractivity contribution in [2.24, 2.45) is 10.4 Å². The zero-order valence-corrected chi connectivity index (χ0v) is 12.6. The molecule has 104 valence electrons. The molecule has 0 aliphatic heterocycles. The van der Waals surface area contributed by atoms with E-state index in [2.05, 4.69) is 32.5 Å². The predicted octanol–water partition coefficient (Wildman–Crippen LogP) is 2.05. The van der Waals surface area contributed by atoms with Crippen LogP contribution in [0.3, 0.4) is 0 Å². The van der Waals surface area contributed by atoms with Gasteiger partial charge in [-0.15, -0.1) is 0 Å². The van der Waals surface area contributed by atoms with Crippen LogP contribution in [0, 0.1) is 5.41 Å². The quantitative estimate of drug-likeness (QED) is 0.354. The van der Waals surface area contributed by atoms with E-state index in [1.807, 2.05) is 11.5 Å². The molecule has 0 bridgehead atoms. The Morgan fingerprint density at radius 2 is 1.78 bits per heavy atom. The van der Waals surface area contributed by atoms with E-state index in [1.54, 1.807) is 14.2 Å². The molecule has 2 unspecified atom stereocenters. The summed E-state index contributed by atoms with van der Waals surface area (Å²) in [5, 5.41) is 10.9. The lowest BCUT2D eigenvalue weighted by Gasteiger charge is -2.20. The molecule has 4 heteroatoms. The number of hydrogen-bond acceptors (Lipinski definition) is 3. The normalized spacial score (nSPS) is 34.5. The number of nitrogens with zero attached hydrogens (tertiary/aromatic N) is 2. The molecule has 0 heterocycles. The molecule has 0 radical (unpaired) electrons. The summed E-state index contributed by atoms with van der Waals surface area (Å²) in [4.78, 5) is 4.19. The van der Waals surface area contributed by atoms with Crippen LogP contribution in [0.25, 0.3) is 0 Å². The van der Waals surface area contributed by atoms with Gasteiger partial charge in [0, 0.05) is 14.0 Å². The van der Waals surface area contributed by atoms with Gasteiger partial charge in [-0.05, 0) is 19.3 Å². The Balaban J connectivity index is 3.37. The number of rotatable bonds is 5. The fourth-order valence-electron chi connectivity index (χ4n) is 3.98. The van der Waals surface area contributed by atoms with Crippen LogP contribution in [-0.2, 0) is 4.74 Å². The lowest BCUT2D eigenvalue weighted by molar-refractivity contribution is -0.495. The summed E-state index contributed by atoms with van der Waals surface area (Å²) < 4.78 is 7.34. The minimum absolute atomic E-state index is 0.281. The van der Waals surface area contributed by atoms with Gasteiger partial charge in [0.25, 0.3) is 5.84 Å². The smallest absolute Gasteiger partial charge is 0.288 e. The number of ether oxygens (including phenoxy) is 1. The summed E-state index contributed by atoms with van der Waals surface area (Å²) in [5.41, 5.74) is -0.765. The van der Waals surface area contributed by atoms with Crippen molar-refractivity contribution < 1.29 is 14.4 Å². The van der Waals surface area contributed by atoms with Crippen LogP contribution in [0.4, 0.5) is 0 Å². The summed E-state index contributed by atoms with van der Waals surface area (Å²) in [6.45, 7) is 12.3. The van der Waals surface area contributed by atoms with E-state index in [-0.39, 0.29) is 5.41 Å². The van der Waals surface area contributed by atoms with Crippen LogP contribution >= 0.6 is 0 Å². The Hall–Kier alpha value is -0.740. The molecular formula is C14H27N2O2+. The highest BCUT2D eigenvalue weighted by atomic mass is 16.6. The third-order valence-corrected chi connectivity index (χ3v) is 5.13. The van der Waals surface area contributed by atoms with Crippen LogP contribution in [0.15, 0.2) is 4.99 Å². The van der Waals surface area contributed by atoms with Crippen molar-refractivity contribution in [2.45, 2.75) is 58.3 Å². The van der Waals surface area contributed by atoms with Crippen molar-refractivity contribution in [1.82, 2.24) is 0 Å². The Bertz CT molecular complexity index is 374. The van der Waals surface area contributed by atoms with E-state index in [9.17, 15) is 5.11 Å². The predicted molar refractivity (Wildman–Crippen MR) is 74.4 cm³/mol. The van der Waals surface area contributed by atoms with Gasteiger partial charge in [0.1, 0.15) is 7.05 Å². The molecule has 1 aliphatic rings. The molecule has 1 rings (SSSR count). The Morgan fingerprint density at radius 3 is 2.00 bits per heavy atom. The van der Waals surface area contributed by atoms with Crippen LogP contribution in [-0.4, -0.2) is 47.7 Å². The van der Waals surface area contributed by atoms with Crippen LogP contribution in [0.2, 0.25) is 0 Å². The van der Waals surface area contributed by atoms with E-state index in [0.717, 1.165) is 25.1 Å². The van der Waals surface area contributed by atoms with E-state index in [0.29, 0.717) is 0 Å². The first-order chi connectivity index (χ1) is 8.38. The maximum Gasteiger partial charge on any atom is 0.288 e. The highest BCUT2D eigenvalue weighted by Gasteiger charge is 2.90. The molecule has 0 aromatic rings. The zero-order chi connectivity index (χ0) is 14.2. The molecule has 2 atom stereocenters. The van der Waals surface area contributed by atoms with Gasteiger partial charge < -0.3 is 9.84 Å². The minimum Gasteiger partial charge on any atom is -0.361 e. The van der Waals surface area contributed by atoms with Crippen molar-refractivity contribution >= 4 is 12.6 Å². The van der Waals surface area contributed by atoms with Gasteiger partial charge in [-0.3, -0.25) is 0 Å². The Labute approximate surface area is 110 Å². The molecular weight excluding hydrogens is 228 g/mol. The highest BCUT2D eigenvalue weighted by molar-refractivity contribution is 5.73. The SMILES string of the molecule is C=[N+](C(C)=NC)C1(CC)C(CC)(CC)C1(O)OC. The highest BCUT2D eigenvalue weighted by Crippen LogP contribution is 2.72. The van der Waals surface area contributed by atoms with Gasteiger partial charge >= 0.3 is 0 Å². The van der Waals surface area contributed by atoms with E-state index >= 15 is 0 Å². The number of aliphatic hydroxyl groups is 1. The summed E-state index contributed by atoms with van der Waals surface area (Å²) >= 11 is 0. The van der Waals surface area contributed by atoms with Crippen molar-refractivity contribution in [1.29, 1.82) is 0 Å². The van der Waals surface area contributed by atoms with Gasteiger partial charge in [0.2, 0.25) is 5.79 Å². The molecule has 0 spiro atoms. The monoisotopic (exact) mass is 255 g/mol. The van der Waals surface area contributed by atoms with E-state index < -0.39 is 11.3 Å². The van der Waals surface area contributed by atoms with Crippen LogP contribution < -0.4 is 0 Å². The lowest BCUT2D eigenvalue weighted by atomic mass is 9.91. The molecule has 18 heavy (non-hydrogen) atoms. The maximum atomic E-state index is 10.9. The number of amidine groups is 1. The third kappa shape index (κ3) is 1.33. The molecule has 1 saturated carbocycles. The van der Waals surface area contributed by atoms with Crippen LogP contribution in [0.1, 0.15) is 47.0 Å². The zero-order valence-electron chi connectivity index (χ0n) is 12.6. The van der Waals surface area contributed by atoms with Crippen molar-refractivity contribution in [2.75, 3.05) is 14.2 Å². The van der Waals surface area contributed by atoms with Gasteiger partial charge in [0.05, 0.1) is 12.1 Å². The Kier molecular flexibility index (Phi) is 4.03. The topological polar surface area (TPSA) is 44.8 Å². The minimum atomic E-state index is -1.15. The number of hydrogen-bond donors (Lipinski definition) is 1. The fourth-order valence-corrected chi connectivity index (χ4v) is 3.98. The fraction of sp³-hybridized carbons (Fsp3) is 0.857. The first-order valence-corrected chi connectivity index (χ1v) is 6.70. The van der Waals surface area contributed by atoms with Gasteiger partial charge in [0.15, 0.2) is 5.54 Å². The molecule has 0 aromatic carbocycles. The van der Waals surface area contributed by atoms with Crippen molar-refractivity contribution in [3.63, 3.8) is 0 Å². The first kappa shape index (κ1) is 15.3. The van der Waals surface area contributed by atoms with Gasteiger partial charge in [-0.2, -0.15) is 0 Å². The first-order valence-electron chi connectivity index (χ1n) is 6.70. The van der Waals surface area contributed by atoms with Crippen molar-refractivity contribution in [3.8, 4) is 0 Å². The van der Waals surface area contributed by atoms with E-state index in [4.69, 9.17) is 4.74 Å². The number of aliphatic imine (C=N–C) groups is 1. The van der Waals surface area contributed by atoms with E-state index in [1.165, 1.54) is 0 Å². The molecule has 1 N–H and O–H groups in total. The second-order valence-electron chi connectivity index (χ2n) is 5.05. The standard InChI is InChI=1S/C14H27N2O2/c1-8-12(9-2)13(10-3,14(12,17)18-7)16(6)11(4)15-5/h17H,6,8-10H2,1-5,7H3/q+1. The second kappa shape index (κ2) is 4.74. The number of methoxy groups -OCH3 is 1. The third-order valence-electron chi connectivity index (χ3n) is 5.13. The van der Waals surface area contributed by atoms with Gasteiger partial charge in [-0.25, -0.2) is 4.58 Å². The average molecular weight is 255 g/mol. The van der Waals surface area contributed by atoms with Crippen molar-refractivity contribution in [3.05, 3.63) is 0 Å². The summed E-state index contributed by atoms with van der Waals surface area (Å²) in [7, 11) is 3.31.